The van der Waals surface area contributed by atoms with Gasteiger partial charge in [-0.15, -0.1) is 11.8 Å². The molecule has 0 radical (unpaired) electrons. The lowest BCUT2D eigenvalue weighted by molar-refractivity contribution is -0.137. The Morgan fingerprint density at radius 2 is 1.77 bits per heavy atom. The van der Waals surface area contributed by atoms with Gasteiger partial charge in [0.15, 0.2) is 0 Å². The molecule has 0 saturated carbocycles. The maximum absolute atomic E-state index is 13.3. The molecule has 1 fully saturated rings. The van der Waals surface area contributed by atoms with Crippen LogP contribution in [0.1, 0.15) is 46.6 Å². The molecule has 166 valence electrons. The Hall–Kier alpha value is -2.19. The van der Waals surface area contributed by atoms with Crippen LogP contribution in [0.2, 0.25) is 5.02 Å². The number of rotatable bonds is 6. The summed E-state index contributed by atoms with van der Waals surface area (Å²) in [6, 6.07) is 10.3. The molecule has 0 spiro atoms. The summed E-state index contributed by atoms with van der Waals surface area (Å²) in [4.78, 5) is 27.6. The summed E-state index contributed by atoms with van der Waals surface area (Å²) in [5.41, 5.74) is 0.128. The first-order valence-corrected chi connectivity index (χ1v) is 11.3. The van der Waals surface area contributed by atoms with Crippen LogP contribution in [0.3, 0.4) is 0 Å². The number of hydrogen-bond acceptors (Lipinski definition) is 3. The van der Waals surface area contributed by atoms with Gasteiger partial charge in [0.25, 0.3) is 5.91 Å². The molecule has 1 heterocycles. The van der Waals surface area contributed by atoms with Crippen molar-refractivity contribution in [2.45, 2.75) is 37.4 Å². The zero-order valence-corrected chi connectivity index (χ0v) is 18.4. The Kier molecular flexibility index (Phi) is 7.54. The van der Waals surface area contributed by atoms with Crippen LogP contribution in [-0.4, -0.2) is 35.1 Å². The van der Waals surface area contributed by atoms with Crippen LogP contribution in [0.4, 0.5) is 13.2 Å². The van der Waals surface area contributed by atoms with Crippen molar-refractivity contribution in [2.24, 2.45) is 0 Å². The molecule has 2 aromatic rings. The van der Waals surface area contributed by atoms with Crippen LogP contribution >= 0.6 is 23.4 Å². The minimum atomic E-state index is -4.44. The van der Waals surface area contributed by atoms with Crippen molar-refractivity contribution < 1.29 is 22.8 Å². The number of halogens is 4. The number of alkyl halides is 3. The molecular weight excluding hydrogens is 449 g/mol. The van der Waals surface area contributed by atoms with Crippen LogP contribution in [-0.2, 0) is 11.0 Å². The highest BCUT2D eigenvalue weighted by molar-refractivity contribution is 7.99. The van der Waals surface area contributed by atoms with Crippen molar-refractivity contribution in [3.63, 3.8) is 0 Å². The smallest absolute Gasteiger partial charge is 0.354 e. The topological polar surface area (TPSA) is 49.4 Å². The van der Waals surface area contributed by atoms with E-state index in [2.05, 4.69) is 5.32 Å². The third kappa shape index (κ3) is 5.54. The number of nitrogens with one attached hydrogen (secondary N) is 1. The fraction of sp³-hybridized carbons (Fsp3) is 0.364. The molecule has 0 aliphatic carbocycles. The number of carbonyl (C=O) groups is 2. The third-order valence-corrected chi connectivity index (χ3v) is 6.56. The summed E-state index contributed by atoms with van der Waals surface area (Å²) >= 11 is 7.27. The van der Waals surface area contributed by atoms with Crippen molar-refractivity contribution in [3.8, 4) is 0 Å². The van der Waals surface area contributed by atoms with Gasteiger partial charge in [-0.2, -0.15) is 13.2 Å². The second kappa shape index (κ2) is 9.96. The first kappa shape index (κ1) is 23.5. The molecule has 4 nitrogen and oxygen atoms in total. The molecule has 0 bridgehead atoms. The molecule has 2 atom stereocenters. The molecule has 2 unspecified atom stereocenters. The number of hydrogen-bond donors (Lipinski definition) is 1. The van der Waals surface area contributed by atoms with Crippen molar-refractivity contribution in [1.29, 1.82) is 0 Å². The van der Waals surface area contributed by atoms with Gasteiger partial charge in [0.2, 0.25) is 5.91 Å². The van der Waals surface area contributed by atoms with E-state index in [0.29, 0.717) is 28.4 Å². The van der Waals surface area contributed by atoms with Crippen molar-refractivity contribution in [1.82, 2.24) is 10.2 Å². The molecule has 1 aliphatic rings. The van der Waals surface area contributed by atoms with Crippen LogP contribution in [0.15, 0.2) is 48.5 Å². The first-order chi connectivity index (χ1) is 14.7. The van der Waals surface area contributed by atoms with E-state index in [4.69, 9.17) is 11.6 Å². The van der Waals surface area contributed by atoms with Gasteiger partial charge in [-0.25, -0.2) is 0 Å². The lowest BCUT2D eigenvalue weighted by atomic mass is 10.1. The predicted octanol–water partition coefficient (Wildman–Crippen LogP) is 5.53. The van der Waals surface area contributed by atoms with E-state index < -0.39 is 23.2 Å². The molecule has 1 aliphatic heterocycles. The standard InChI is InChI=1S/C22H22ClF3N2O2S/c1-2-3-12-27-19(29)18-13-31-21(15-4-8-16(9-5-15)22(24,25)26)28(18)20(30)14-6-10-17(23)11-7-14/h4-11,18,21H,2-3,12-13H2,1H3,(H,27,29). The van der Waals surface area contributed by atoms with E-state index in [1.807, 2.05) is 6.92 Å². The Balaban J connectivity index is 1.91. The highest BCUT2D eigenvalue weighted by atomic mass is 35.5. The van der Waals surface area contributed by atoms with Crippen molar-refractivity contribution in [2.75, 3.05) is 12.3 Å². The average Bonchev–Trinajstić information content (AvgIpc) is 3.18. The summed E-state index contributed by atoms with van der Waals surface area (Å²) in [5.74, 6) is -0.289. The SMILES string of the molecule is CCCCNC(=O)C1CSC(c2ccc(C(F)(F)F)cc2)N1C(=O)c1ccc(Cl)cc1. The van der Waals surface area contributed by atoms with Crippen LogP contribution in [0.5, 0.6) is 0 Å². The van der Waals surface area contributed by atoms with Gasteiger partial charge in [-0.05, 0) is 48.4 Å². The zero-order valence-electron chi connectivity index (χ0n) is 16.8. The minimum absolute atomic E-state index is 0.266. The monoisotopic (exact) mass is 470 g/mol. The maximum atomic E-state index is 13.3. The number of nitrogens with zero attached hydrogens (tertiary/aromatic N) is 1. The second-order valence-electron chi connectivity index (χ2n) is 7.19. The van der Waals surface area contributed by atoms with Gasteiger partial charge < -0.3 is 10.2 Å². The highest BCUT2D eigenvalue weighted by Gasteiger charge is 2.42. The molecule has 1 N–H and O–H groups in total. The number of benzene rings is 2. The Morgan fingerprint density at radius 1 is 1.13 bits per heavy atom. The average molecular weight is 471 g/mol. The molecular formula is C22H22ClF3N2O2S. The summed E-state index contributed by atoms with van der Waals surface area (Å²) in [6.07, 6.45) is -2.71. The van der Waals surface area contributed by atoms with Crippen LogP contribution in [0.25, 0.3) is 0 Å². The van der Waals surface area contributed by atoms with E-state index in [1.165, 1.54) is 28.8 Å². The fourth-order valence-electron chi connectivity index (χ4n) is 3.30. The molecule has 3 rings (SSSR count). The fourth-order valence-corrected chi connectivity index (χ4v) is 4.85. The van der Waals surface area contributed by atoms with E-state index >= 15 is 0 Å². The summed E-state index contributed by atoms with van der Waals surface area (Å²) in [7, 11) is 0. The number of unbranched alkanes of at least 4 members (excludes halogenated alkanes) is 1. The van der Waals surface area contributed by atoms with Crippen LogP contribution < -0.4 is 5.32 Å². The minimum Gasteiger partial charge on any atom is -0.354 e. The molecule has 9 heteroatoms. The largest absolute Gasteiger partial charge is 0.416 e. The van der Waals surface area contributed by atoms with Gasteiger partial charge in [-0.1, -0.05) is 37.1 Å². The molecule has 1 saturated heterocycles. The lowest BCUT2D eigenvalue weighted by Crippen LogP contribution is -2.48. The Bertz CT molecular complexity index is 920. The normalized spacial score (nSPS) is 18.8. The van der Waals surface area contributed by atoms with E-state index in [9.17, 15) is 22.8 Å². The predicted molar refractivity (Wildman–Crippen MR) is 116 cm³/mol. The molecule has 31 heavy (non-hydrogen) atoms. The second-order valence-corrected chi connectivity index (χ2v) is 8.73. The van der Waals surface area contributed by atoms with Gasteiger partial charge >= 0.3 is 6.18 Å². The van der Waals surface area contributed by atoms with Crippen molar-refractivity contribution in [3.05, 3.63) is 70.2 Å². The molecule has 2 amide bonds. The maximum Gasteiger partial charge on any atom is 0.416 e. The summed E-state index contributed by atoms with van der Waals surface area (Å²) in [6.45, 7) is 2.51. The summed E-state index contributed by atoms with van der Waals surface area (Å²) in [5, 5.41) is 2.75. The van der Waals surface area contributed by atoms with Crippen molar-refractivity contribution >= 4 is 35.2 Å². The van der Waals surface area contributed by atoms with Gasteiger partial charge in [0, 0.05) is 22.9 Å². The van der Waals surface area contributed by atoms with E-state index in [0.717, 1.165) is 25.0 Å². The first-order valence-electron chi connectivity index (χ1n) is 9.87. The number of amides is 2. The van der Waals surface area contributed by atoms with E-state index in [-0.39, 0.29) is 11.8 Å². The lowest BCUT2D eigenvalue weighted by Gasteiger charge is -2.29. The highest BCUT2D eigenvalue weighted by Crippen LogP contribution is 2.43. The number of carbonyl (C=O) groups excluding carboxylic acids is 2. The Morgan fingerprint density at radius 3 is 2.35 bits per heavy atom. The quantitative estimate of drug-likeness (QED) is 0.564. The van der Waals surface area contributed by atoms with Gasteiger partial charge in [0.05, 0.1) is 5.56 Å². The summed E-state index contributed by atoms with van der Waals surface area (Å²) < 4.78 is 38.8. The van der Waals surface area contributed by atoms with Gasteiger partial charge in [0.1, 0.15) is 11.4 Å². The van der Waals surface area contributed by atoms with Crippen LogP contribution in [0, 0.1) is 0 Å². The third-order valence-electron chi connectivity index (χ3n) is 4.98. The molecule has 2 aromatic carbocycles. The Labute approximate surface area is 188 Å². The molecule has 0 aromatic heterocycles. The van der Waals surface area contributed by atoms with Gasteiger partial charge in [-0.3, -0.25) is 9.59 Å². The number of thioether (sulfide) groups is 1. The zero-order chi connectivity index (χ0) is 22.6. The van der Waals surface area contributed by atoms with E-state index in [1.54, 1.807) is 24.3 Å².